The average molecular weight is 592 g/mol. The van der Waals surface area contributed by atoms with Gasteiger partial charge in [-0.2, -0.15) is 0 Å². The summed E-state index contributed by atoms with van der Waals surface area (Å²) < 4.78 is 18.8. The summed E-state index contributed by atoms with van der Waals surface area (Å²) in [5, 5.41) is 1.90. The smallest absolute Gasteiger partial charge is 0.338 e. The zero-order valence-electron chi connectivity index (χ0n) is 20.0. The van der Waals surface area contributed by atoms with Crippen molar-refractivity contribution in [3.63, 3.8) is 0 Å². The lowest BCUT2D eigenvalue weighted by atomic mass is 10.0. The molecule has 1 aromatic carbocycles. The fourth-order valence-corrected chi connectivity index (χ4v) is 6.25. The van der Waals surface area contributed by atoms with E-state index in [9.17, 15) is 14.4 Å². The summed E-state index contributed by atoms with van der Waals surface area (Å²) in [6, 6.07) is 6.59. The van der Waals surface area contributed by atoms with Crippen LogP contribution in [-0.2, 0) is 14.3 Å². The van der Waals surface area contributed by atoms with Crippen LogP contribution in [-0.4, -0.2) is 29.7 Å². The number of fused-ring (bicyclic) bond motifs is 1. The van der Waals surface area contributed by atoms with Crippen molar-refractivity contribution < 1.29 is 23.8 Å². The number of esters is 2. The Labute approximate surface area is 223 Å². The number of carbonyl (C=O) groups is 2. The molecule has 36 heavy (non-hydrogen) atoms. The van der Waals surface area contributed by atoms with Gasteiger partial charge in [0.05, 0.1) is 33.5 Å². The number of hydrogen-bond acceptors (Lipinski definition) is 9. The summed E-state index contributed by atoms with van der Waals surface area (Å²) >= 11 is 6.13. The van der Waals surface area contributed by atoms with Crippen LogP contribution in [0.5, 0.6) is 11.5 Å². The Hall–Kier alpha value is -3.02. The summed E-state index contributed by atoms with van der Waals surface area (Å²) in [6.45, 7) is 7.21. The van der Waals surface area contributed by atoms with Gasteiger partial charge in [-0.25, -0.2) is 9.79 Å². The molecule has 4 rings (SSSR count). The van der Waals surface area contributed by atoms with Crippen LogP contribution >= 0.6 is 38.6 Å². The van der Waals surface area contributed by atoms with Crippen LogP contribution in [0.25, 0.3) is 6.08 Å². The van der Waals surface area contributed by atoms with Gasteiger partial charge in [0.2, 0.25) is 0 Å². The highest BCUT2D eigenvalue weighted by Crippen LogP contribution is 2.37. The normalized spacial score (nSPS) is 15.4. The Morgan fingerprint density at radius 1 is 1.25 bits per heavy atom. The number of ether oxygens (including phenoxy) is 3. The number of thiazole rings is 1. The molecule has 3 aromatic rings. The second-order valence-electron chi connectivity index (χ2n) is 7.67. The Kier molecular flexibility index (Phi) is 7.91. The highest BCUT2D eigenvalue weighted by atomic mass is 79.9. The molecule has 188 valence electrons. The summed E-state index contributed by atoms with van der Waals surface area (Å²) in [6.07, 6.45) is 1.73. The van der Waals surface area contributed by atoms with Gasteiger partial charge < -0.3 is 14.2 Å². The van der Waals surface area contributed by atoms with E-state index in [4.69, 9.17) is 14.2 Å². The van der Waals surface area contributed by atoms with Gasteiger partial charge >= 0.3 is 11.9 Å². The molecular formula is C25H23BrN2O6S2. The molecular weight excluding hydrogens is 568 g/mol. The fraction of sp³-hybridized carbons (Fsp3) is 0.280. The minimum Gasteiger partial charge on any atom is -0.490 e. The molecule has 1 aliphatic rings. The van der Waals surface area contributed by atoms with E-state index in [1.807, 2.05) is 24.4 Å². The van der Waals surface area contributed by atoms with Crippen molar-refractivity contribution in [2.45, 2.75) is 33.7 Å². The van der Waals surface area contributed by atoms with E-state index in [1.54, 1.807) is 36.6 Å². The number of aromatic nitrogens is 1. The average Bonchev–Trinajstić information content (AvgIpc) is 3.44. The van der Waals surface area contributed by atoms with Crippen molar-refractivity contribution in [2.24, 2.45) is 4.99 Å². The Morgan fingerprint density at radius 2 is 2.03 bits per heavy atom. The maximum atomic E-state index is 13.7. The third-order valence-electron chi connectivity index (χ3n) is 5.20. The number of nitrogens with zero attached hydrogens (tertiary/aromatic N) is 2. The van der Waals surface area contributed by atoms with Crippen LogP contribution in [0.2, 0.25) is 0 Å². The van der Waals surface area contributed by atoms with Crippen LogP contribution in [0.15, 0.2) is 55.2 Å². The predicted octanol–water partition coefficient (Wildman–Crippen LogP) is 3.95. The minimum atomic E-state index is -0.625. The van der Waals surface area contributed by atoms with Gasteiger partial charge in [0, 0.05) is 11.8 Å². The maximum absolute atomic E-state index is 13.7. The molecule has 3 heterocycles. The quantitative estimate of drug-likeness (QED) is 0.305. The molecule has 0 saturated carbocycles. The Bertz CT molecular complexity index is 1540. The van der Waals surface area contributed by atoms with Crippen LogP contribution in [0.3, 0.4) is 0 Å². The lowest BCUT2D eigenvalue weighted by molar-refractivity contribution is -0.139. The van der Waals surface area contributed by atoms with Gasteiger partial charge in [-0.3, -0.25) is 14.2 Å². The third kappa shape index (κ3) is 5.09. The molecule has 0 fully saturated rings. The summed E-state index contributed by atoms with van der Waals surface area (Å²) in [5.41, 5.74) is 1.27. The molecule has 0 spiro atoms. The number of hydrogen-bond donors (Lipinski definition) is 0. The van der Waals surface area contributed by atoms with Gasteiger partial charge in [0.15, 0.2) is 16.3 Å². The van der Waals surface area contributed by atoms with E-state index in [0.717, 1.165) is 4.88 Å². The summed E-state index contributed by atoms with van der Waals surface area (Å²) in [7, 11) is 0. The number of thiophene rings is 1. The molecule has 0 amide bonds. The van der Waals surface area contributed by atoms with E-state index in [1.165, 1.54) is 29.6 Å². The first-order valence-electron chi connectivity index (χ1n) is 11.1. The van der Waals surface area contributed by atoms with Gasteiger partial charge in [0.1, 0.15) is 6.04 Å². The first kappa shape index (κ1) is 26.1. The second-order valence-corrected chi connectivity index (χ2v) is 10.5. The number of rotatable bonds is 7. The molecule has 0 unspecified atom stereocenters. The lowest BCUT2D eigenvalue weighted by Gasteiger charge is -2.23. The largest absolute Gasteiger partial charge is 0.490 e. The van der Waals surface area contributed by atoms with Crippen molar-refractivity contribution >= 4 is 56.6 Å². The topological polar surface area (TPSA) is 96.2 Å². The molecule has 8 nitrogen and oxygen atoms in total. The highest BCUT2D eigenvalue weighted by molar-refractivity contribution is 9.10. The van der Waals surface area contributed by atoms with Crippen molar-refractivity contribution in [3.8, 4) is 11.5 Å². The van der Waals surface area contributed by atoms with E-state index < -0.39 is 18.0 Å². The molecule has 0 aliphatic carbocycles. The number of halogens is 1. The monoisotopic (exact) mass is 590 g/mol. The first-order chi connectivity index (χ1) is 17.2. The maximum Gasteiger partial charge on any atom is 0.338 e. The van der Waals surface area contributed by atoms with Crippen LogP contribution < -0.4 is 24.4 Å². The summed E-state index contributed by atoms with van der Waals surface area (Å²) in [4.78, 5) is 44.0. The molecule has 0 saturated heterocycles. The van der Waals surface area contributed by atoms with Crippen molar-refractivity contribution in [3.05, 3.63) is 75.5 Å². The highest BCUT2D eigenvalue weighted by Gasteiger charge is 2.33. The first-order valence-corrected chi connectivity index (χ1v) is 13.6. The fourth-order valence-electron chi connectivity index (χ4n) is 3.84. The minimum absolute atomic E-state index is 0.220. The van der Waals surface area contributed by atoms with Gasteiger partial charge in [-0.05, 0) is 71.9 Å². The van der Waals surface area contributed by atoms with E-state index in [0.29, 0.717) is 43.0 Å². The predicted molar refractivity (Wildman–Crippen MR) is 141 cm³/mol. The standard InChI is InChI=1S/C25H23BrN2O6S2/c1-5-32-17-11-15(10-16(26)22(17)34-14(4)29)12-19-23(30)28-21(18-8-7-9-35-18)20(24(31)33-6-2)13(3)27-25(28)36-19/h7-12,21H,5-6H2,1-4H3/b19-12-/t21-/m0/s1. The molecule has 0 N–H and O–H groups in total. The SMILES string of the molecule is CCOC(=O)C1=C(C)N=c2s/c(=C\c3cc(Br)c(OC(C)=O)c(OCC)c3)c(=O)n2[C@H]1c1cccs1. The molecule has 1 aliphatic heterocycles. The Balaban J connectivity index is 1.89. The van der Waals surface area contributed by atoms with Gasteiger partial charge in [0.25, 0.3) is 5.56 Å². The third-order valence-corrected chi connectivity index (χ3v) is 7.70. The second kappa shape index (κ2) is 10.9. The van der Waals surface area contributed by atoms with Crippen LogP contribution in [0, 0.1) is 0 Å². The van der Waals surface area contributed by atoms with Crippen molar-refractivity contribution in [2.75, 3.05) is 13.2 Å². The molecule has 0 bridgehead atoms. The van der Waals surface area contributed by atoms with Crippen LogP contribution in [0.4, 0.5) is 0 Å². The molecule has 2 aromatic heterocycles. The Morgan fingerprint density at radius 3 is 2.67 bits per heavy atom. The molecule has 0 radical (unpaired) electrons. The van der Waals surface area contributed by atoms with Crippen molar-refractivity contribution in [1.82, 2.24) is 4.57 Å². The number of allylic oxidation sites excluding steroid dienone is 1. The van der Waals surface area contributed by atoms with E-state index >= 15 is 0 Å². The van der Waals surface area contributed by atoms with E-state index in [2.05, 4.69) is 20.9 Å². The zero-order chi connectivity index (χ0) is 26.0. The number of benzene rings is 1. The molecule has 1 atom stereocenters. The number of carbonyl (C=O) groups excluding carboxylic acids is 2. The zero-order valence-corrected chi connectivity index (χ0v) is 23.2. The van der Waals surface area contributed by atoms with E-state index in [-0.39, 0.29) is 17.9 Å². The summed E-state index contributed by atoms with van der Waals surface area (Å²) in [5.74, 6) is -0.315. The van der Waals surface area contributed by atoms with Gasteiger partial charge in [-0.1, -0.05) is 17.4 Å². The molecule has 11 heteroatoms. The lowest BCUT2D eigenvalue weighted by Crippen LogP contribution is -2.39. The van der Waals surface area contributed by atoms with Crippen LogP contribution in [0.1, 0.15) is 44.2 Å². The van der Waals surface area contributed by atoms with Crippen molar-refractivity contribution in [1.29, 1.82) is 0 Å². The van der Waals surface area contributed by atoms with Gasteiger partial charge in [-0.15, -0.1) is 11.3 Å².